The number of nitrogens with one attached hydrogen (secondary N) is 2. The van der Waals surface area contributed by atoms with E-state index < -0.39 is 0 Å². The van der Waals surface area contributed by atoms with Crippen molar-refractivity contribution in [2.24, 2.45) is 0 Å². The summed E-state index contributed by atoms with van der Waals surface area (Å²) in [5.41, 5.74) is 1.72. The predicted molar refractivity (Wildman–Crippen MR) is 104 cm³/mol. The minimum absolute atomic E-state index is 0.288. The van der Waals surface area contributed by atoms with Gasteiger partial charge in [0, 0.05) is 30.7 Å². The Morgan fingerprint density at radius 3 is 2.77 bits per heavy atom. The number of benzene rings is 1. The fourth-order valence-corrected chi connectivity index (χ4v) is 2.57. The van der Waals surface area contributed by atoms with Gasteiger partial charge in [0.2, 0.25) is 0 Å². The maximum Gasteiger partial charge on any atom is 0.274 e. The summed E-state index contributed by atoms with van der Waals surface area (Å²) < 4.78 is 0. The summed E-state index contributed by atoms with van der Waals surface area (Å²) in [5, 5.41) is 7.09. The number of anilines is 2. The summed E-state index contributed by atoms with van der Waals surface area (Å²) in [5.74, 6) is 0.894. The van der Waals surface area contributed by atoms with Crippen LogP contribution in [-0.4, -0.2) is 52.9 Å². The summed E-state index contributed by atoms with van der Waals surface area (Å²) in [7, 11) is 4.01. The highest BCUT2D eigenvalue weighted by molar-refractivity contribution is 6.07. The van der Waals surface area contributed by atoms with E-state index in [9.17, 15) is 4.79 Å². The van der Waals surface area contributed by atoms with Crippen molar-refractivity contribution in [3.05, 3.63) is 54.1 Å². The van der Waals surface area contributed by atoms with E-state index in [0.29, 0.717) is 23.0 Å². The molecule has 26 heavy (non-hydrogen) atoms. The Labute approximate surface area is 152 Å². The van der Waals surface area contributed by atoms with Crippen molar-refractivity contribution in [3.8, 4) is 0 Å². The van der Waals surface area contributed by atoms with E-state index in [1.165, 1.54) is 0 Å². The number of likely N-dealkylation sites (N-methyl/N-ethyl adjacent to an activating group) is 1. The zero-order valence-electron chi connectivity index (χ0n) is 15.2. The van der Waals surface area contributed by atoms with Crippen molar-refractivity contribution < 1.29 is 4.79 Å². The second-order valence-corrected chi connectivity index (χ2v) is 6.25. The molecule has 0 bridgehead atoms. The van der Waals surface area contributed by atoms with Gasteiger partial charge >= 0.3 is 0 Å². The number of para-hydroxylation sites is 1. The molecular weight excluding hydrogens is 328 g/mol. The SMILES string of the molecule is Cc1nc(NCCN(C)C)cc(C(=O)Nc2cccc3cccnc23)n1. The van der Waals surface area contributed by atoms with Crippen molar-refractivity contribution in [3.63, 3.8) is 0 Å². The lowest BCUT2D eigenvalue weighted by Gasteiger charge is -2.12. The molecule has 2 heterocycles. The van der Waals surface area contributed by atoms with Gasteiger partial charge in [-0.2, -0.15) is 0 Å². The largest absolute Gasteiger partial charge is 0.369 e. The van der Waals surface area contributed by atoms with Crippen LogP contribution in [-0.2, 0) is 0 Å². The molecule has 7 nitrogen and oxygen atoms in total. The number of nitrogens with zero attached hydrogens (tertiary/aromatic N) is 4. The first-order valence-electron chi connectivity index (χ1n) is 8.42. The van der Waals surface area contributed by atoms with Gasteiger partial charge in [0.1, 0.15) is 17.3 Å². The Hall–Kier alpha value is -3.06. The number of amides is 1. The van der Waals surface area contributed by atoms with Crippen molar-refractivity contribution >= 4 is 28.3 Å². The number of hydrogen-bond donors (Lipinski definition) is 2. The average molecular weight is 350 g/mol. The highest BCUT2D eigenvalue weighted by atomic mass is 16.1. The van der Waals surface area contributed by atoms with E-state index in [-0.39, 0.29) is 5.91 Å². The van der Waals surface area contributed by atoms with E-state index in [0.717, 1.165) is 24.0 Å². The van der Waals surface area contributed by atoms with Crippen LogP contribution in [0.5, 0.6) is 0 Å². The first kappa shape index (κ1) is 17.8. The molecule has 3 rings (SSSR count). The first-order valence-corrected chi connectivity index (χ1v) is 8.42. The maximum atomic E-state index is 12.7. The minimum Gasteiger partial charge on any atom is -0.369 e. The van der Waals surface area contributed by atoms with Crippen molar-refractivity contribution in [1.29, 1.82) is 0 Å². The highest BCUT2D eigenvalue weighted by Crippen LogP contribution is 2.21. The van der Waals surface area contributed by atoms with Gasteiger partial charge in [0.15, 0.2) is 0 Å². The van der Waals surface area contributed by atoms with E-state index in [2.05, 4.69) is 30.5 Å². The minimum atomic E-state index is -0.288. The van der Waals surface area contributed by atoms with Crippen molar-refractivity contribution in [2.45, 2.75) is 6.92 Å². The number of rotatable bonds is 6. The van der Waals surface area contributed by atoms with E-state index in [1.807, 2.05) is 44.4 Å². The lowest BCUT2D eigenvalue weighted by atomic mass is 10.2. The van der Waals surface area contributed by atoms with Gasteiger partial charge < -0.3 is 15.5 Å². The third-order valence-electron chi connectivity index (χ3n) is 3.82. The van der Waals surface area contributed by atoms with Crippen molar-refractivity contribution in [1.82, 2.24) is 19.9 Å². The van der Waals surface area contributed by atoms with Crippen LogP contribution in [0.2, 0.25) is 0 Å². The van der Waals surface area contributed by atoms with Crippen LogP contribution in [0.1, 0.15) is 16.3 Å². The Morgan fingerprint density at radius 2 is 1.96 bits per heavy atom. The molecule has 7 heteroatoms. The number of carbonyl (C=O) groups is 1. The molecule has 2 N–H and O–H groups in total. The van der Waals surface area contributed by atoms with Crippen LogP contribution in [0.4, 0.5) is 11.5 Å². The maximum absolute atomic E-state index is 12.7. The second-order valence-electron chi connectivity index (χ2n) is 6.25. The number of fused-ring (bicyclic) bond motifs is 1. The Morgan fingerprint density at radius 1 is 1.15 bits per heavy atom. The van der Waals surface area contributed by atoms with Crippen LogP contribution < -0.4 is 10.6 Å². The molecule has 0 aliphatic carbocycles. The molecule has 1 amide bonds. The molecule has 0 atom stereocenters. The van der Waals surface area contributed by atoms with E-state index >= 15 is 0 Å². The predicted octanol–water partition coefficient (Wildman–Crippen LogP) is 2.56. The lowest BCUT2D eigenvalue weighted by Crippen LogP contribution is -2.22. The van der Waals surface area contributed by atoms with Gasteiger partial charge in [-0.15, -0.1) is 0 Å². The van der Waals surface area contributed by atoms with E-state index in [4.69, 9.17) is 0 Å². The molecule has 0 aliphatic rings. The van der Waals surface area contributed by atoms with E-state index in [1.54, 1.807) is 19.2 Å². The normalized spacial score (nSPS) is 10.9. The van der Waals surface area contributed by atoms with Crippen LogP contribution in [0.3, 0.4) is 0 Å². The molecule has 0 unspecified atom stereocenters. The fourth-order valence-electron chi connectivity index (χ4n) is 2.57. The molecule has 3 aromatic rings. The molecule has 134 valence electrons. The smallest absolute Gasteiger partial charge is 0.274 e. The van der Waals surface area contributed by atoms with Gasteiger partial charge in [-0.1, -0.05) is 18.2 Å². The molecule has 1 aromatic carbocycles. The average Bonchev–Trinajstić information content (AvgIpc) is 2.61. The van der Waals surface area contributed by atoms with Gasteiger partial charge in [-0.05, 0) is 33.2 Å². The van der Waals surface area contributed by atoms with Crippen LogP contribution in [0.25, 0.3) is 10.9 Å². The number of pyridine rings is 1. The molecule has 0 spiro atoms. The molecule has 0 saturated heterocycles. The molecule has 0 aliphatic heterocycles. The third-order valence-corrected chi connectivity index (χ3v) is 3.82. The van der Waals surface area contributed by atoms with Gasteiger partial charge in [-0.25, -0.2) is 9.97 Å². The zero-order chi connectivity index (χ0) is 18.5. The standard InChI is InChI=1S/C19H22N6O/c1-13-22-16(12-17(23-13)20-10-11-25(2)3)19(26)24-15-8-4-6-14-7-5-9-21-18(14)15/h4-9,12H,10-11H2,1-3H3,(H,24,26)(H,20,22,23). The zero-order valence-corrected chi connectivity index (χ0v) is 15.2. The molecule has 0 saturated carbocycles. The van der Waals surface area contributed by atoms with Gasteiger partial charge in [0.25, 0.3) is 5.91 Å². The van der Waals surface area contributed by atoms with Gasteiger partial charge in [0.05, 0.1) is 11.2 Å². The van der Waals surface area contributed by atoms with Crippen molar-refractivity contribution in [2.75, 3.05) is 37.8 Å². The summed E-state index contributed by atoms with van der Waals surface area (Å²) in [6.45, 7) is 3.37. The summed E-state index contributed by atoms with van der Waals surface area (Å²) in [4.78, 5) is 27.7. The second kappa shape index (κ2) is 7.88. The monoisotopic (exact) mass is 350 g/mol. The Bertz CT molecular complexity index is 920. The number of aryl methyl sites for hydroxylation is 1. The van der Waals surface area contributed by atoms with Gasteiger partial charge in [-0.3, -0.25) is 9.78 Å². The topological polar surface area (TPSA) is 83.0 Å². The molecular formula is C19H22N6O. The Kier molecular flexibility index (Phi) is 5.38. The van der Waals surface area contributed by atoms with Crippen LogP contribution >= 0.6 is 0 Å². The third kappa shape index (κ3) is 4.31. The molecule has 2 aromatic heterocycles. The fraction of sp³-hybridized carbons (Fsp3) is 0.263. The summed E-state index contributed by atoms with van der Waals surface area (Å²) in [6.07, 6.45) is 1.71. The van der Waals surface area contributed by atoms with Crippen LogP contribution in [0, 0.1) is 6.92 Å². The Balaban J connectivity index is 1.80. The summed E-state index contributed by atoms with van der Waals surface area (Å²) in [6, 6.07) is 11.2. The number of hydrogen-bond acceptors (Lipinski definition) is 6. The molecule has 0 radical (unpaired) electrons. The first-order chi connectivity index (χ1) is 12.5. The van der Waals surface area contributed by atoms with Crippen LogP contribution in [0.15, 0.2) is 42.6 Å². The number of carbonyl (C=O) groups excluding carboxylic acids is 1. The number of aromatic nitrogens is 3. The lowest BCUT2D eigenvalue weighted by molar-refractivity contribution is 0.102. The quantitative estimate of drug-likeness (QED) is 0.711. The molecule has 0 fully saturated rings. The highest BCUT2D eigenvalue weighted by Gasteiger charge is 2.12. The summed E-state index contributed by atoms with van der Waals surface area (Å²) >= 11 is 0.